The van der Waals surface area contributed by atoms with Crippen LogP contribution < -0.4 is 9.47 Å². The lowest BCUT2D eigenvalue weighted by molar-refractivity contribution is -0.141. The summed E-state index contributed by atoms with van der Waals surface area (Å²) in [6, 6.07) is 7.66. The minimum Gasteiger partial charge on any atom is -0.424 e. The van der Waals surface area contributed by atoms with Gasteiger partial charge >= 0.3 is 11.9 Å². The number of esters is 2. The van der Waals surface area contributed by atoms with Crippen LogP contribution in [-0.2, 0) is 9.59 Å². The minimum absolute atomic E-state index is 0.100. The van der Waals surface area contributed by atoms with Crippen LogP contribution in [0.4, 0.5) is 0 Å². The van der Waals surface area contributed by atoms with Crippen molar-refractivity contribution in [1.29, 1.82) is 21.0 Å². The Morgan fingerprint density at radius 1 is 0.619 bits per heavy atom. The van der Waals surface area contributed by atoms with Gasteiger partial charge in [0.05, 0.1) is 39.9 Å². The highest BCUT2D eigenvalue weighted by Crippen LogP contribution is 2.68. The molecule has 0 fully saturated rings. The van der Waals surface area contributed by atoms with E-state index in [2.05, 4.69) is 13.8 Å². The molecule has 2 aliphatic heterocycles. The predicted octanol–water partition coefficient (Wildman–Crippen LogP) is 8.84. The Bertz CT molecular complexity index is 1310. The molecule has 42 heavy (non-hydrogen) atoms. The third kappa shape index (κ3) is 7.31. The van der Waals surface area contributed by atoms with Crippen molar-refractivity contribution in [3.05, 3.63) is 19.6 Å². The number of unbranched alkanes of at least 4 members (excludes halogenated alkanes) is 2. The molecular formula is C30H30N4O4S4. The normalized spacial score (nSPS) is 14.4. The second-order valence-electron chi connectivity index (χ2n) is 9.49. The van der Waals surface area contributed by atoms with Gasteiger partial charge in [-0.3, -0.25) is 9.59 Å². The van der Waals surface area contributed by atoms with Gasteiger partial charge in [0.15, 0.2) is 11.5 Å². The van der Waals surface area contributed by atoms with Crippen LogP contribution in [0.2, 0.25) is 0 Å². The summed E-state index contributed by atoms with van der Waals surface area (Å²) in [5.41, 5.74) is -0.200. The SMILES string of the molecule is CCCCC(CC)C(=O)Oc1c2c(c(OC(=O)C(CC)CCCC)c3c1SC(=C(C#N)C#N)S3)SC(=C(C#N)C#N)S2. The number of hydrogen-bond acceptors (Lipinski definition) is 12. The molecule has 8 nitrogen and oxygen atoms in total. The molecule has 0 aliphatic carbocycles. The number of carbonyl (C=O) groups is 2. The van der Waals surface area contributed by atoms with Crippen LogP contribution >= 0.6 is 47.0 Å². The molecule has 0 N–H and O–H groups in total. The molecule has 0 amide bonds. The fourth-order valence-electron chi connectivity index (χ4n) is 4.27. The molecule has 0 saturated heterocycles. The molecule has 2 heterocycles. The number of hydrogen-bond donors (Lipinski definition) is 0. The summed E-state index contributed by atoms with van der Waals surface area (Å²) in [4.78, 5) is 28.7. The standard InChI is InChI=1S/C30H30N4O4S4/c1-5-9-11-17(7-3)27(35)37-21-23-25(41-29(39-23)19(13-31)14-32)22(38-28(36)18(8-4)12-10-6-2)26-24(21)40-30(42-26)20(15-33)16-34/h17-18H,5-12H2,1-4H3. The fourth-order valence-corrected chi connectivity index (χ4v) is 9.44. The van der Waals surface area contributed by atoms with Gasteiger partial charge in [-0.15, -0.1) is 0 Å². The van der Waals surface area contributed by atoms with Crippen molar-refractivity contribution in [3.63, 3.8) is 0 Å². The minimum atomic E-state index is -0.404. The molecule has 0 bridgehead atoms. The van der Waals surface area contributed by atoms with Crippen molar-refractivity contribution in [2.45, 2.75) is 98.6 Å². The van der Waals surface area contributed by atoms with Crippen LogP contribution in [0.25, 0.3) is 0 Å². The molecular weight excluding hydrogens is 609 g/mol. The van der Waals surface area contributed by atoms with E-state index >= 15 is 0 Å². The van der Waals surface area contributed by atoms with E-state index in [1.165, 1.54) is 0 Å². The first kappa shape index (κ1) is 33.5. The van der Waals surface area contributed by atoms with Crippen LogP contribution in [-0.4, -0.2) is 11.9 Å². The number of nitriles is 4. The monoisotopic (exact) mass is 638 g/mol. The first-order chi connectivity index (χ1) is 20.3. The maximum Gasteiger partial charge on any atom is 0.314 e. The summed E-state index contributed by atoms with van der Waals surface area (Å²) < 4.78 is 13.0. The van der Waals surface area contributed by atoms with Crippen molar-refractivity contribution in [3.8, 4) is 35.8 Å². The third-order valence-electron chi connectivity index (χ3n) is 6.74. The Morgan fingerprint density at radius 3 is 1.17 bits per heavy atom. The summed E-state index contributed by atoms with van der Waals surface area (Å²) in [5, 5.41) is 38.3. The van der Waals surface area contributed by atoms with Gasteiger partial charge in [0, 0.05) is 0 Å². The summed E-state index contributed by atoms with van der Waals surface area (Å²) in [7, 11) is 0. The number of benzene rings is 1. The lowest BCUT2D eigenvalue weighted by Gasteiger charge is -2.20. The number of rotatable bonds is 12. The quantitative estimate of drug-likeness (QED) is 0.122. The van der Waals surface area contributed by atoms with Gasteiger partial charge in [-0.05, 0) is 25.7 Å². The van der Waals surface area contributed by atoms with Crippen molar-refractivity contribution in [1.82, 2.24) is 0 Å². The maximum absolute atomic E-state index is 13.4. The zero-order chi connectivity index (χ0) is 30.8. The predicted molar refractivity (Wildman–Crippen MR) is 164 cm³/mol. The summed E-state index contributed by atoms with van der Waals surface area (Å²) in [6.45, 7) is 7.96. The van der Waals surface area contributed by atoms with Gasteiger partial charge in [0.25, 0.3) is 0 Å². The van der Waals surface area contributed by atoms with Crippen molar-refractivity contribution in [2.75, 3.05) is 0 Å². The van der Waals surface area contributed by atoms with Gasteiger partial charge in [0.2, 0.25) is 0 Å². The van der Waals surface area contributed by atoms with Gasteiger partial charge < -0.3 is 9.47 Å². The highest BCUT2D eigenvalue weighted by Gasteiger charge is 2.40. The highest BCUT2D eigenvalue weighted by molar-refractivity contribution is 8.26. The Kier molecular flexibility index (Phi) is 12.8. The molecule has 0 spiro atoms. The van der Waals surface area contributed by atoms with E-state index in [0.717, 1.165) is 72.7 Å². The van der Waals surface area contributed by atoms with Gasteiger partial charge in [-0.2, -0.15) is 21.0 Å². The molecule has 2 aliphatic rings. The molecule has 2 unspecified atom stereocenters. The molecule has 0 saturated carbocycles. The first-order valence-electron chi connectivity index (χ1n) is 13.8. The van der Waals surface area contributed by atoms with Crippen LogP contribution in [0.3, 0.4) is 0 Å². The van der Waals surface area contributed by atoms with Crippen LogP contribution in [0.15, 0.2) is 39.2 Å². The molecule has 218 valence electrons. The molecule has 1 aromatic carbocycles. The number of fused-ring (bicyclic) bond motifs is 2. The van der Waals surface area contributed by atoms with E-state index < -0.39 is 11.9 Å². The average Bonchev–Trinajstić information content (AvgIpc) is 3.63. The Labute approximate surface area is 263 Å². The van der Waals surface area contributed by atoms with Gasteiger partial charge in [0.1, 0.15) is 35.4 Å². The summed E-state index contributed by atoms with van der Waals surface area (Å²) >= 11 is 4.46. The Morgan fingerprint density at radius 2 is 0.929 bits per heavy atom. The largest absolute Gasteiger partial charge is 0.424 e. The van der Waals surface area contributed by atoms with Crippen molar-refractivity contribution < 1.29 is 19.1 Å². The number of allylic oxidation sites excluding steroid dienone is 2. The average molecular weight is 639 g/mol. The van der Waals surface area contributed by atoms with E-state index in [0.29, 0.717) is 53.7 Å². The van der Waals surface area contributed by atoms with Crippen LogP contribution in [0.5, 0.6) is 11.5 Å². The summed E-state index contributed by atoms with van der Waals surface area (Å²) in [5.74, 6) is -1.02. The van der Waals surface area contributed by atoms with E-state index in [9.17, 15) is 30.6 Å². The first-order valence-corrected chi connectivity index (χ1v) is 17.1. The second-order valence-corrected chi connectivity index (χ2v) is 14.1. The highest BCUT2D eigenvalue weighted by atomic mass is 32.2. The molecule has 12 heteroatoms. The summed E-state index contributed by atoms with van der Waals surface area (Å²) in [6.07, 6.45) is 6.12. The topological polar surface area (TPSA) is 148 Å². The molecule has 2 atom stereocenters. The van der Waals surface area contributed by atoms with E-state index in [-0.39, 0.29) is 34.5 Å². The van der Waals surface area contributed by atoms with Crippen molar-refractivity contribution in [2.24, 2.45) is 11.8 Å². The molecule has 0 radical (unpaired) electrons. The Balaban J connectivity index is 2.25. The van der Waals surface area contributed by atoms with E-state index in [1.807, 2.05) is 38.1 Å². The lowest BCUT2D eigenvalue weighted by Crippen LogP contribution is -2.22. The number of nitrogens with zero attached hydrogens (tertiary/aromatic N) is 4. The third-order valence-corrected chi connectivity index (χ3v) is 11.9. The molecule has 1 aromatic rings. The van der Waals surface area contributed by atoms with Crippen LogP contribution in [0.1, 0.15) is 79.1 Å². The van der Waals surface area contributed by atoms with E-state index in [4.69, 9.17) is 9.47 Å². The zero-order valence-corrected chi connectivity index (χ0v) is 27.1. The number of ether oxygens (including phenoxy) is 2. The van der Waals surface area contributed by atoms with E-state index in [1.54, 1.807) is 0 Å². The van der Waals surface area contributed by atoms with Crippen LogP contribution in [0, 0.1) is 57.2 Å². The van der Waals surface area contributed by atoms with Gasteiger partial charge in [-0.25, -0.2) is 0 Å². The second kappa shape index (κ2) is 16.0. The maximum atomic E-state index is 13.4. The van der Waals surface area contributed by atoms with Crippen molar-refractivity contribution >= 4 is 59.0 Å². The lowest BCUT2D eigenvalue weighted by atomic mass is 10.00. The molecule has 0 aromatic heterocycles. The number of carbonyl (C=O) groups excluding carboxylic acids is 2. The smallest absolute Gasteiger partial charge is 0.314 e. The Hall–Kier alpha value is -3.00. The van der Waals surface area contributed by atoms with Gasteiger partial charge in [-0.1, -0.05) is 100 Å². The zero-order valence-electron chi connectivity index (χ0n) is 23.9. The fraction of sp³-hybridized carbons (Fsp3) is 0.467. The number of thioether (sulfide) groups is 4. The molecule has 3 rings (SSSR count).